The van der Waals surface area contributed by atoms with Crippen LogP contribution in [0.15, 0.2) is 4.52 Å². The van der Waals surface area contributed by atoms with Crippen LogP contribution in [0.5, 0.6) is 0 Å². The molecule has 3 heterocycles. The Balaban J connectivity index is 1.86. The molecule has 0 aromatic carbocycles. The maximum absolute atomic E-state index is 12.8. The van der Waals surface area contributed by atoms with E-state index in [1.54, 1.807) is 0 Å². The molecule has 0 radical (unpaired) electrons. The van der Waals surface area contributed by atoms with E-state index in [1.165, 1.54) is 0 Å². The van der Waals surface area contributed by atoms with E-state index >= 15 is 0 Å². The van der Waals surface area contributed by atoms with Gasteiger partial charge in [0.25, 0.3) is 0 Å². The predicted octanol–water partition coefficient (Wildman–Crippen LogP) is 2.54. The third-order valence-corrected chi connectivity index (χ3v) is 5.62. The van der Waals surface area contributed by atoms with Crippen molar-refractivity contribution in [1.29, 1.82) is 0 Å². The van der Waals surface area contributed by atoms with Gasteiger partial charge in [0.1, 0.15) is 0 Å². The number of nitrogens with zero attached hydrogens (tertiary/aromatic N) is 3. The first-order valence-electron chi connectivity index (χ1n) is 8.76. The number of aryl methyl sites for hydroxylation is 1. The minimum Gasteiger partial charge on any atom is -0.381 e. The summed E-state index contributed by atoms with van der Waals surface area (Å²) in [5, 5.41) is 3.96. The molecule has 2 aliphatic heterocycles. The van der Waals surface area contributed by atoms with Crippen LogP contribution in [0.3, 0.4) is 0 Å². The van der Waals surface area contributed by atoms with Gasteiger partial charge in [-0.2, -0.15) is 4.98 Å². The summed E-state index contributed by atoms with van der Waals surface area (Å²) >= 11 is 0. The number of hydrogen-bond donors (Lipinski definition) is 0. The molecule has 2 aliphatic rings. The van der Waals surface area contributed by atoms with Gasteiger partial charge in [-0.1, -0.05) is 19.0 Å². The van der Waals surface area contributed by atoms with Gasteiger partial charge in [-0.15, -0.1) is 0 Å². The van der Waals surface area contributed by atoms with Gasteiger partial charge in [0.15, 0.2) is 5.82 Å². The summed E-state index contributed by atoms with van der Waals surface area (Å²) in [6.07, 6.45) is 3.69. The van der Waals surface area contributed by atoms with Crippen molar-refractivity contribution in [2.45, 2.75) is 52.4 Å². The van der Waals surface area contributed by atoms with Crippen LogP contribution in [0.4, 0.5) is 0 Å². The highest BCUT2D eigenvalue weighted by Gasteiger charge is 2.51. The number of amides is 1. The fraction of sp³-hybridized carbons (Fsp3) is 0.824. The quantitative estimate of drug-likeness (QED) is 0.852. The van der Waals surface area contributed by atoms with Crippen molar-refractivity contribution in [2.75, 3.05) is 26.3 Å². The van der Waals surface area contributed by atoms with E-state index in [2.05, 4.69) is 24.0 Å². The van der Waals surface area contributed by atoms with Crippen LogP contribution in [0, 0.1) is 18.3 Å². The summed E-state index contributed by atoms with van der Waals surface area (Å²) in [6, 6.07) is 0. The van der Waals surface area contributed by atoms with Crippen molar-refractivity contribution < 1.29 is 14.1 Å². The molecule has 0 N–H and O–H groups in total. The summed E-state index contributed by atoms with van der Waals surface area (Å²) in [4.78, 5) is 19.3. The first kappa shape index (κ1) is 16.4. The Bertz CT molecular complexity index is 547. The standard InChI is InChI=1S/C17H27N3O3/c1-4-13(5-2)16(21)20-10-14(15-18-12(3)19-23-15)17(11-20)6-8-22-9-7-17/h13-14H,4-11H2,1-3H3/t14-/m1/s1. The van der Waals surface area contributed by atoms with Gasteiger partial charge in [-0.25, -0.2) is 0 Å². The van der Waals surface area contributed by atoms with E-state index < -0.39 is 0 Å². The van der Waals surface area contributed by atoms with E-state index in [0.29, 0.717) is 18.3 Å². The molecule has 0 unspecified atom stereocenters. The Labute approximate surface area is 137 Å². The van der Waals surface area contributed by atoms with Crippen molar-refractivity contribution in [2.24, 2.45) is 11.3 Å². The van der Waals surface area contributed by atoms with Gasteiger partial charge in [0.2, 0.25) is 11.8 Å². The predicted molar refractivity (Wildman–Crippen MR) is 84.9 cm³/mol. The minimum absolute atomic E-state index is 0.0267. The molecular weight excluding hydrogens is 294 g/mol. The van der Waals surface area contributed by atoms with Crippen molar-refractivity contribution in [3.63, 3.8) is 0 Å². The van der Waals surface area contributed by atoms with Crippen LogP contribution in [0.1, 0.15) is 57.2 Å². The fourth-order valence-electron chi connectivity index (χ4n) is 4.11. The molecule has 2 fully saturated rings. The molecule has 23 heavy (non-hydrogen) atoms. The number of ether oxygens (including phenoxy) is 1. The zero-order valence-electron chi connectivity index (χ0n) is 14.4. The highest BCUT2D eigenvalue weighted by Crippen LogP contribution is 2.49. The zero-order valence-corrected chi connectivity index (χ0v) is 14.4. The molecule has 3 rings (SSSR count). The maximum atomic E-state index is 12.8. The third kappa shape index (κ3) is 3.01. The van der Waals surface area contributed by atoms with Gasteiger partial charge in [0, 0.05) is 37.6 Å². The highest BCUT2D eigenvalue weighted by molar-refractivity contribution is 5.79. The summed E-state index contributed by atoms with van der Waals surface area (Å²) in [5.74, 6) is 1.87. The molecule has 1 atom stereocenters. The van der Waals surface area contributed by atoms with Crippen molar-refractivity contribution in [3.05, 3.63) is 11.7 Å². The number of aromatic nitrogens is 2. The van der Waals surface area contributed by atoms with Crippen LogP contribution >= 0.6 is 0 Å². The zero-order chi connectivity index (χ0) is 16.4. The van der Waals surface area contributed by atoms with Gasteiger partial charge < -0.3 is 14.2 Å². The Morgan fingerprint density at radius 2 is 2.04 bits per heavy atom. The molecule has 1 amide bonds. The first-order valence-corrected chi connectivity index (χ1v) is 8.76. The minimum atomic E-state index is 0.0267. The van der Waals surface area contributed by atoms with Crippen LogP contribution in [-0.2, 0) is 9.53 Å². The first-order chi connectivity index (χ1) is 11.1. The number of likely N-dealkylation sites (tertiary alicyclic amines) is 1. The summed E-state index contributed by atoms with van der Waals surface area (Å²) in [6.45, 7) is 8.99. The number of carbonyl (C=O) groups is 1. The molecule has 6 heteroatoms. The van der Waals surface area contributed by atoms with E-state index in [1.807, 2.05) is 11.8 Å². The molecule has 0 aliphatic carbocycles. The van der Waals surface area contributed by atoms with Gasteiger partial charge in [-0.3, -0.25) is 4.79 Å². The van der Waals surface area contributed by atoms with E-state index in [4.69, 9.17) is 9.26 Å². The number of carbonyl (C=O) groups excluding carboxylic acids is 1. The van der Waals surface area contributed by atoms with E-state index in [-0.39, 0.29) is 23.2 Å². The average molecular weight is 321 g/mol. The van der Waals surface area contributed by atoms with Crippen LogP contribution in [0.25, 0.3) is 0 Å². The van der Waals surface area contributed by atoms with Crippen molar-refractivity contribution in [3.8, 4) is 0 Å². The van der Waals surface area contributed by atoms with Gasteiger partial charge >= 0.3 is 0 Å². The second-order valence-corrected chi connectivity index (χ2v) is 6.94. The van der Waals surface area contributed by atoms with Gasteiger partial charge in [-0.05, 0) is 32.6 Å². The molecule has 1 spiro atoms. The van der Waals surface area contributed by atoms with Crippen molar-refractivity contribution >= 4 is 5.91 Å². The smallest absolute Gasteiger partial charge is 0.232 e. The lowest BCUT2D eigenvalue weighted by atomic mass is 9.72. The van der Waals surface area contributed by atoms with Gasteiger partial charge in [0.05, 0.1) is 5.92 Å². The Kier molecular flexibility index (Phi) is 4.71. The largest absolute Gasteiger partial charge is 0.381 e. The summed E-state index contributed by atoms with van der Waals surface area (Å²) in [7, 11) is 0. The summed E-state index contributed by atoms with van der Waals surface area (Å²) < 4.78 is 11.0. The second kappa shape index (κ2) is 6.59. The van der Waals surface area contributed by atoms with Crippen molar-refractivity contribution in [1.82, 2.24) is 15.0 Å². The van der Waals surface area contributed by atoms with Crippen LogP contribution in [0.2, 0.25) is 0 Å². The number of rotatable bonds is 4. The molecule has 6 nitrogen and oxygen atoms in total. The lowest BCUT2D eigenvalue weighted by molar-refractivity contribution is -0.135. The summed E-state index contributed by atoms with van der Waals surface area (Å²) in [5.41, 5.74) is 0.0267. The molecule has 0 bridgehead atoms. The second-order valence-electron chi connectivity index (χ2n) is 6.94. The van der Waals surface area contributed by atoms with E-state index in [0.717, 1.165) is 45.4 Å². The molecule has 0 saturated carbocycles. The molecule has 2 saturated heterocycles. The maximum Gasteiger partial charge on any atom is 0.232 e. The number of hydrogen-bond acceptors (Lipinski definition) is 5. The molecular formula is C17H27N3O3. The third-order valence-electron chi connectivity index (χ3n) is 5.62. The lowest BCUT2D eigenvalue weighted by Crippen LogP contribution is -2.38. The molecule has 1 aromatic heterocycles. The van der Waals surface area contributed by atoms with Crippen LogP contribution in [-0.4, -0.2) is 47.3 Å². The topological polar surface area (TPSA) is 68.5 Å². The monoisotopic (exact) mass is 321 g/mol. The Morgan fingerprint density at radius 1 is 1.35 bits per heavy atom. The Hall–Kier alpha value is -1.43. The SMILES string of the molecule is CCC(CC)C(=O)N1C[C@H](c2nc(C)no2)C2(CCOCC2)C1. The normalized spacial score (nSPS) is 23.8. The fourth-order valence-corrected chi connectivity index (χ4v) is 4.11. The van der Waals surface area contributed by atoms with Crippen LogP contribution < -0.4 is 0 Å². The average Bonchev–Trinajstić information content (AvgIpc) is 3.13. The molecule has 128 valence electrons. The Morgan fingerprint density at radius 3 is 2.61 bits per heavy atom. The molecule has 1 aromatic rings. The van der Waals surface area contributed by atoms with E-state index in [9.17, 15) is 4.79 Å². The highest BCUT2D eigenvalue weighted by atomic mass is 16.5. The lowest BCUT2D eigenvalue weighted by Gasteiger charge is -2.36.